The predicted molar refractivity (Wildman–Crippen MR) is 117 cm³/mol. The van der Waals surface area contributed by atoms with Gasteiger partial charge in [0.15, 0.2) is 5.82 Å². The molecule has 0 saturated carbocycles. The third kappa shape index (κ3) is 2.88. The van der Waals surface area contributed by atoms with Crippen LogP contribution in [0.1, 0.15) is 17.0 Å². The number of pyridine rings is 1. The molecule has 3 aliphatic heterocycles. The van der Waals surface area contributed by atoms with Gasteiger partial charge in [0.25, 0.3) is 0 Å². The van der Waals surface area contributed by atoms with Crippen LogP contribution in [0.3, 0.4) is 0 Å². The Morgan fingerprint density at radius 2 is 1.87 bits per heavy atom. The minimum atomic E-state index is 0.223. The van der Waals surface area contributed by atoms with Crippen molar-refractivity contribution in [2.24, 2.45) is 5.41 Å². The van der Waals surface area contributed by atoms with E-state index in [1.165, 1.54) is 5.56 Å². The third-order valence-electron chi connectivity index (χ3n) is 6.44. The lowest BCUT2D eigenvalue weighted by Gasteiger charge is -2.60. The molecule has 9 heteroatoms. The highest BCUT2D eigenvalue weighted by atomic mass is 35.5. The second kappa shape index (κ2) is 6.67. The van der Waals surface area contributed by atoms with Crippen molar-refractivity contribution < 1.29 is 0 Å². The Hall–Kier alpha value is -3.15. The molecule has 31 heavy (non-hydrogen) atoms. The number of aromatic nitrogens is 4. The summed E-state index contributed by atoms with van der Waals surface area (Å²) in [6.45, 7) is 5.23. The fourth-order valence-corrected chi connectivity index (χ4v) is 5.30. The second-order valence-corrected chi connectivity index (χ2v) is 9.33. The molecule has 0 bridgehead atoms. The minimum Gasteiger partial charge on any atom is -0.354 e. The summed E-state index contributed by atoms with van der Waals surface area (Å²) in [5.41, 5.74) is 3.14. The first-order chi connectivity index (χ1) is 15.0. The number of hydrogen-bond acceptors (Lipinski definition) is 7. The van der Waals surface area contributed by atoms with Crippen molar-refractivity contribution in [1.29, 1.82) is 5.26 Å². The van der Waals surface area contributed by atoms with Crippen LogP contribution in [0.2, 0.25) is 5.02 Å². The number of halogens is 1. The molecule has 2 saturated heterocycles. The summed E-state index contributed by atoms with van der Waals surface area (Å²) < 4.78 is 2.19. The van der Waals surface area contributed by atoms with Crippen molar-refractivity contribution in [3.63, 3.8) is 0 Å². The van der Waals surface area contributed by atoms with E-state index in [1.807, 2.05) is 24.3 Å². The first kappa shape index (κ1) is 18.6. The van der Waals surface area contributed by atoms with Gasteiger partial charge in [-0.25, -0.2) is 4.98 Å². The summed E-state index contributed by atoms with van der Waals surface area (Å²) in [6, 6.07) is 11.9. The molecule has 0 N–H and O–H groups in total. The predicted octanol–water partition coefficient (Wildman–Crippen LogP) is 2.46. The highest BCUT2D eigenvalue weighted by Gasteiger charge is 2.53. The Morgan fingerprint density at radius 3 is 2.68 bits per heavy atom. The maximum absolute atomic E-state index is 9.35. The van der Waals surface area contributed by atoms with E-state index in [0.717, 1.165) is 67.6 Å². The summed E-state index contributed by atoms with van der Waals surface area (Å²) in [4.78, 5) is 11.2. The smallest absolute Gasteiger partial charge is 0.231 e. The Kier molecular flexibility index (Phi) is 4.01. The van der Waals surface area contributed by atoms with Gasteiger partial charge in [0, 0.05) is 49.4 Å². The summed E-state index contributed by atoms with van der Waals surface area (Å²) in [6.07, 6.45) is 1.75. The second-order valence-electron chi connectivity index (χ2n) is 8.90. The van der Waals surface area contributed by atoms with Crippen molar-refractivity contribution in [2.45, 2.75) is 13.1 Å². The fourth-order valence-electron chi connectivity index (χ4n) is 5.10. The van der Waals surface area contributed by atoms with E-state index in [1.54, 1.807) is 6.20 Å². The Balaban J connectivity index is 1.24. The first-order valence-electron chi connectivity index (χ1n) is 10.3. The van der Waals surface area contributed by atoms with E-state index in [4.69, 9.17) is 11.6 Å². The highest BCUT2D eigenvalue weighted by molar-refractivity contribution is 6.30. The van der Waals surface area contributed by atoms with Gasteiger partial charge in [-0.15, -0.1) is 10.2 Å². The lowest BCUT2D eigenvalue weighted by atomic mass is 9.73. The normalized spacial score (nSPS) is 19.1. The molecule has 1 spiro atoms. The summed E-state index contributed by atoms with van der Waals surface area (Å²) >= 11 is 6.27. The maximum Gasteiger partial charge on any atom is 0.231 e. The van der Waals surface area contributed by atoms with Crippen LogP contribution < -0.4 is 9.80 Å². The number of benzene rings is 1. The number of anilines is 2. The van der Waals surface area contributed by atoms with Gasteiger partial charge in [0.1, 0.15) is 11.9 Å². The van der Waals surface area contributed by atoms with Gasteiger partial charge in [0.05, 0.1) is 17.8 Å². The van der Waals surface area contributed by atoms with Crippen molar-refractivity contribution in [3.8, 4) is 11.8 Å². The van der Waals surface area contributed by atoms with E-state index in [0.29, 0.717) is 5.56 Å². The van der Waals surface area contributed by atoms with Crippen LogP contribution in [0.15, 0.2) is 36.5 Å². The molecule has 0 atom stereocenters. The molecule has 8 nitrogen and oxygen atoms in total. The average Bonchev–Trinajstić information content (AvgIpc) is 3.03. The molecule has 1 aromatic carbocycles. The van der Waals surface area contributed by atoms with Gasteiger partial charge in [-0.3, -0.25) is 9.47 Å². The zero-order chi connectivity index (χ0) is 21.2. The molecule has 2 fully saturated rings. The van der Waals surface area contributed by atoms with E-state index >= 15 is 0 Å². The Labute approximate surface area is 185 Å². The van der Waals surface area contributed by atoms with Crippen molar-refractivity contribution >= 4 is 23.4 Å². The number of nitrogens with zero attached hydrogens (tertiary/aromatic N) is 8. The number of rotatable bonds is 2. The third-order valence-corrected chi connectivity index (χ3v) is 6.68. The van der Waals surface area contributed by atoms with Gasteiger partial charge in [-0.05, 0) is 42.9 Å². The van der Waals surface area contributed by atoms with Gasteiger partial charge < -0.3 is 9.80 Å². The number of fused-ring (bicyclic) bond motifs is 3. The standard InChI is InChI=1S/C22H21ClN8/c1-28-9-16-7-17(23)4-5-18(16)31-19(10-28)26-27-21(31)30-13-22(14-30)11-29(12-22)20-15(8-24)3-2-6-25-20/h2-7H,9-14H2,1H3. The van der Waals surface area contributed by atoms with Gasteiger partial charge in [0.2, 0.25) is 5.95 Å². The molecule has 156 valence electrons. The molecule has 0 amide bonds. The van der Waals surface area contributed by atoms with Gasteiger partial charge in [-0.2, -0.15) is 5.26 Å². The number of nitriles is 1. The lowest BCUT2D eigenvalue weighted by molar-refractivity contribution is 0.153. The number of hydrogen-bond donors (Lipinski definition) is 0. The SMILES string of the molecule is CN1Cc2cc(Cl)ccc2-n2c(nnc2N2CC3(CN(c4ncccc4C#N)C3)C2)C1. The molecule has 0 unspecified atom stereocenters. The Morgan fingerprint density at radius 1 is 1.06 bits per heavy atom. The lowest BCUT2D eigenvalue weighted by Crippen LogP contribution is -2.73. The molecule has 2 aromatic heterocycles. The van der Waals surface area contributed by atoms with Crippen molar-refractivity contribution in [2.75, 3.05) is 43.0 Å². The largest absolute Gasteiger partial charge is 0.354 e. The van der Waals surface area contributed by atoms with Crippen LogP contribution >= 0.6 is 11.6 Å². The maximum atomic E-state index is 9.35. The zero-order valence-corrected chi connectivity index (χ0v) is 17.9. The average molecular weight is 433 g/mol. The van der Waals surface area contributed by atoms with Crippen LogP contribution in [-0.4, -0.2) is 57.9 Å². The van der Waals surface area contributed by atoms with E-state index < -0.39 is 0 Å². The van der Waals surface area contributed by atoms with Crippen LogP contribution in [0, 0.1) is 16.7 Å². The topological polar surface area (TPSA) is 77.1 Å². The highest BCUT2D eigenvalue weighted by Crippen LogP contribution is 2.44. The zero-order valence-electron chi connectivity index (χ0n) is 17.2. The van der Waals surface area contributed by atoms with E-state index in [-0.39, 0.29) is 5.41 Å². The molecule has 6 rings (SSSR count). The summed E-state index contributed by atoms with van der Waals surface area (Å²) in [7, 11) is 2.09. The van der Waals surface area contributed by atoms with Gasteiger partial charge in [-0.1, -0.05) is 11.6 Å². The van der Waals surface area contributed by atoms with Crippen LogP contribution in [-0.2, 0) is 13.1 Å². The first-order valence-corrected chi connectivity index (χ1v) is 10.7. The summed E-state index contributed by atoms with van der Waals surface area (Å²) in [5, 5.41) is 19.2. The van der Waals surface area contributed by atoms with Crippen LogP contribution in [0.4, 0.5) is 11.8 Å². The molecule has 0 aliphatic carbocycles. The minimum absolute atomic E-state index is 0.223. The monoisotopic (exact) mass is 432 g/mol. The quantitative estimate of drug-likeness (QED) is 0.615. The Bertz CT molecular complexity index is 1210. The van der Waals surface area contributed by atoms with Crippen LogP contribution in [0.25, 0.3) is 5.69 Å². The van der Waals surface area contributed by atoms with Crippen LogP contribution in [0.5, 0.6) is 0 Å². The van der Waals surface area contributed by atoms with E-state index in [9.17, 15) is 5.26 Å². The molecular formula is C22H21ClN8. The molecule has 5 heterocycles. The van der Waals surface area contributed by atoms with Gasteiger partial charge >= 0.3 is 0 Å². The molecule has 0 radical (unpaired) electrons. The molecule has 3 aliphatic rings. The van der Waals surface area contributed by atoms with Crippen molar-refractivity contribution in [3.05, 3.63) is 58.5 Å². The van der Waals surface area contributed by atoms with Crippen molar-refractivity contribution in [1.82, 2.24) is 24.6 Å². The summed E-state index contributed by atoms with van der Waals surface area (Å²) in [5.74, 6) is 2.63. The molecular weight excluding hydrogens is 412 g/mol. The fraction of sp³-hybridized carbons (Fsp3) is 0.364. The molecule has 3 aromatic rings. The van der Waals surface area contributed by atoms with E-state index in [2.05, 4.69) is 53.6 Å².